The molecule has 0 bridgehead atoms. The Balaban J connectivity index is 1.57. The number of non-ortho nitro benzene ring substituents is 1. The van der Waals surface area contributed by atoms with Gasteiger partial charge in [-0.2, -0.15) is 0 Å². The van der Waals surface area contributed by atoms with Gasteiger partial charge >= 0.3 is 0 Å². The quantitative estimate of drug-likeness (QED) is 0.174. The van der Waals surface area contributed by atoms with Gasteiger partial charge in [0.15, 0.2) is 5.11 Å². The van der Waals surface area contributed by atoms with Crippen LogP contribution in [0.15, 0.2) is 83.4 Å². The molecule has 0 spiro atoms. The summed E-state index contributed by atoms with van der Waals surface area (Å²) in [6.07, 6.45) is 2.76. The second-order valence-electron chi connectivity index (χ2n) is 8.76. The van der Waals surface area contributed by atoms with E-state index < -0.39 is 21.0 Å². The van der Waals surface area contributed by atoms with Crippen LogP contribution >= 0.6 is 12.2 Å². The number of nitro benzene ring substituents is 1. The number of nitro groups is 1. The van der Waals surface area contributed by atoms with E-state index in [1.165, 1.54) is 19.2 Å². The summed E-state index contributed by atoms with van der Waals surface area (Å²) in [5.41, 5.74) is 2.33. The van der Waals surface area contributed by atoms with Crippen molar-refractivity contribution in [1.82, 2.24) is 10.3 Å². The summed E-state index contributed by atoms with van der Waals surface area (Å²) >= 11 is 5.74. The third-order valence-electron chi connectivity index (χ3n) is 6.14. The minimum Gasteiger partial charge on any atom is -0.494 e. The van der Waals surface area contributed by atoms with E-state index >= 15 is 0 Å². The summed E-state index contributed by atoms with van der Waals surface area (Å²) < 4.78 is 37.8. The Morgan fingerprint density at radius 1 is 1.13 bits per heavy atom. The van der Waals surface area contributed by atoms with Crippen molar-refractivity contribution in [2.24, 2.45) is 0 Å². The molecule has 200 valence electrons. The molecule has 2 aromatic heterocycles. The lowest BCUT2D eigenvalue weighted by Gasteiger charge is -2.26. The van der Waals surface area contributed by atoms with Crippen LogP contribution in [0.2, 0.25) is 0 Å². The molecule has 2 N–H and O–H groups in total. The fourth-order valence-electron chi connectivity index (χ4n) is 4.45. The van der Waals surface area contributed by atoms with Crippen LogP contribution in [-0.2, 0) is 10.0 Å². The number of furan rings is 1. The highest BCUT2D eigenvalue weighted by molar-refractivity contribution is 7.92. The van der Waals surface area contributed by atoms with Crippen LogP contribution in [0, 0.1) is 10.1 Å². The molecule has 5 rings (SSSR count). The Labute approximate surface area is 229 Å². The van der Waals surface area contributed by atoms with E-state index in [-0.39, 0.29) is 17.4 Å². The number of sulfonamides is 1. The van der Waals surface area contributed by atoms with Crippen LogP contribution in [0.5, 0.6) is 5.75 Å². The number of benzene rings is 2. The van der Waals surface area contributed by atoms with Crippen LogP contribution in [-0.4, -0.2) is 36.8 Å². The Morgan fingerprint density at radius 2 is 1.90 bits per heavy atom. The van der Waals surface area contributed by atoms with E-state index in [1.54, 1.807) is 42.6 Å². The second-order valence-corrected chi connectivity index (χ2v) is 10.9. The summed E-state index contributed by atoms with van der Waals surface area (Å²) in [5, 5.41) is 14.8. The van der Waals surface area contributed by atoms with Gasteiger partial charge in [0.05, 0.1) is 35.7 Å². The van der Waals surface area contributed by atoms with Crippen molar-refractivity contribution >= 4 is 44.4 Å². The highest BCUT2D eigenvalue weighted by atomic mass is 32.2. The number of nitrogens with zero attached hydrogens (tertiary/aromatic N) is 3. The highest BCUT2D eigenvalue weighted by Crippen LogP contribution is 2.44. The van der Waals surface area contributed by atoms with E-state index in [2.05, 4.69) is 15.0 Å². The predicted molar refractivity (Wildman–Crippen MR) is 150 cm³/mol. The third kappa shape index (κ3) is 5.40. The largest absolute Gasteiger partial charge is 0.494 e. The molecule has 1 fully saturated rings. The number of methoxy groups -OCH3 is 1. The molecule has 0 unspecified atom stereocenters. The van der Waals surface area contributed by atoms with Gasteiger partial charge in [-0.3, -0.25) is 19.8 Å². The van der Waals surface area contributed by atoms with Crippen LogP contribution in [0.25, 0.3) is 11.3 Å². The van der Waals surface area contributed by atoms with Gasteiger partial charge in [-0.1, -0.05) is 6.07 Å². The van der Waals surface area contributed by atoms with E-state index in [1.807, 2.05) is 29.2 Å². The molecule has 0 radical (unpaired) electrons. The normalized spacial score (nSPS) is 17.1. The first-order valence-electron chi connectivity index (χ1n) is 11.7. The summed E-state index contributed by atoms with van der Waals surface area (Å²) in [7, 11) is -2.08. The Hall–Kier alpha value is -4.49. The molecule has 2 aromatic carbocycles. The van der Waals surface area contributed by atoms with Gasteiger partial charge in [0.1, 0.15) is 23.3 Å². The molecule has 1 aliphatic heterocycles. The maximum atomic E-state index is 11.8. The summed E-state index contributed by atoms with van der Waals surface area (Å²) in [6.45, 7) is 0. The highest BCUT2D eigenvalue weighted by Gasteiger charge is 2.43. The van der Waals surface area contributed by atoms with Crippen molar-refractivity contribution in [3.05, 3.63) is 101 Å². The first-order chi connectivity index (χ1) is 18.6. The molecule has 13 heteroatoms. The standard InChI is InChI=1S/C26H23N5O6S2/c1-36-23-15-18(10-11-19(23)29-39(2,34)35)30-25(24(28-26(30)38)20-5-3-4-14-27-20)22-13-12-21(37-22)16-6-8-17(9-7-16)31(32)33/h3-15,24-25,29H,1-2H3,(H,28,38)/t24-,25-/m0/s1. The number of ether oxygens (including phenoxy) is 1. The minimum absolute atomic E-state index is 0.0139. The summed E-state index contributed by atoms with van der Waals surface area (Å²) in [4.78, 5) is 17.0. The number of hydrogen-bond donors (Lipinski definition) is 2. The number of hydrogen-bond acceptors (Lipinski definition) is 8. The summed E-state index contributed by atoms with van der Waals surface area (Å²) in [5.74, 6) is 1.41. The van der Waals surface area contributed by atoms with E-state index in [0.717, 1.165) is 11.9 Å². The van der Waals surface area contributed by atoms with Crippen LogP contribution in [0.3, 0.4) is 0 Å². The van der Waals surface area contributed by atoms with Crippen LogP contribution < -0.4 is 19.7 Å². The number of aromatic nitrogens is 1. The van der Waals surface area contributed by atoms with Gasteiger partial charge in [-0.25, -0.2) is 8.42 Å². The van der Waals surface area contributed by atoms with Crippen molar-refractivity contribution in [3.63, 3.8) is 0 Å². The number of thiocarbonyl (C=S) groups is 1. The van der Waals surface area contributed by atoms with Gasteiger partial charge < -0.3 is 19.4 Å². The zero-order valence-corrected chi connectivity index (χ0v) is 22.4. The lowest BCUT2D eigenvalue weighted by atomic mass is 10.0. The van der Waals surface area contributed by atoms with Crippen molar-refractivity contribution in [2.75, 3.05) is 23.0 Å². The zero-order valence-electron chi connectivity index (χ0n) is 20.8. The SMILES string of the molecule is COc1cc(N2C(=S)N[C@@H](c3ccccn3)[C@@H]2c2ccc(-c3ccc([N+](=O)[O-])cc3)o2)ccc1NS(C)(=O)=O. The van der Waals surface area contributed by atoms with Gasteiger partial charge in [-0.15, -0.1) is 0 Å². The Bertz CT molecular complexity index is 1640. The second kappa shape index (κ2) is 10.3. The fourth-order valence-corrected chi connectivity index (χ4v) is 5.36. The van der Waals surface area contributed by atoms with Crippen molar-refractivity contribution in [1.29, 1.82) is 0 Å². The molecule has 11 nitrogen and oxygen atoms in total. The maximum absolute atomic E-state index is 11.8. The number of anilines is 2. The average Bonchev–Trinajstić information content (AvgIpc) is 3.53. The lowest BCUT2D eigenvalue weighted by molar-refractivity contribution is -0.384. The minimum atomic E-state index is -3.52. The van der Waals surface area contributed by atoms with Crippen molar-refractivity contribution in [3.8, 4) is 17.1 Å². The molecule has 1 aliphatic rings. The molecule has 0 amide bonds. The van der Waals surface area contributed by atoms with Gasteiger partial charge in [0.2, 0.25) is 10.0 Å². The molecule has 4 aromatic rings. The first-order valence-corrected chi connectivity index (χ1v) is 14.0. The molecule has 0 aliphatic carbocycles. The van der Waals surface area contributed by atoms with Crippen LogP contribution in [0.4, 0.5) is 17.1 Å². The summed E-state index contributed by atoms with van der Waals surface area (Å²) in [6, 6.07) is 19.5. The molecule has 0 saturated carbocycles. The maximum Gasteiger partial charge on any atom is 0.269 e. The smallest absolute Gasteiger partial charge is 0.269 e. The Morgan fingerprint density at radius 3 is 2.54 bits per heavy atom. The molecular weight excluding hydrogens is 542 g/mol. The fraction of sp³-hybridized carbons (Fsp3) is 0.154. The third-order valence-corrected chi connectivity index (χ3v) is 7.04. The van der Waals surface area contributed by atoms with E-state index in [4.69, 9.17) is 21.4 Å². The topological polar surface area (TPSA) is 140 Å². The number of pyridine rings is 1. The Kier molecular flexibility index (Phi) is 6.93. The average molecular weight is 566 g/mol. The van der Waals surface area contributed by atoms with Gasteiger partial charge in [-0.05, 0) is 60.7 Å². The van der Waals surface area contributed by atoms with Gasteiger partial charge in [0.25, 0.3) is 5.69 Å². The van der Waals surface area contributed by atoms with Crippen molar-refractivity contribution in [2.45, 2.75) is 12.1 Å². The van der Waals surface area contributed by atoms with E-state index in [0.29, 0.717) is 33.6 Å². The monoisotopic (exact) mass is 565 g/mol. The van der Waals surface area contributed by atoms with Crippen molar-refractivity contribution < 1.29 is 22.5 Å². The predicted octanol–water partition coefficient (Wildman–Crippen LogP) is 4.81. The van der Waals surface area contributed by atoms with Gasteiger partial charge in [0, 0.05) is 35.6 Å². The number of nitrogens with one attached hydrogen (secondary N) is 2. The molecule has 1 saturated heterocycles. The molecule has 39 heavy (non-hydrogen) atoms. The first kappa shape index (κ1) is 26.1. The lowest BCUT2D eigenvalue weighted by Crippen LogP contribution is -2.29. The molecule has 2 atom stereocenters. The van der Waals surface area contributed by atoms with Crippen LogP contribution in [0.1, 0.15) is 23.5 Å². The molecule has 3 heterocycles. The molecular formula is C26H23N5O6S2. The number of rotatable bonds is 8. The van der Waals surface area contributed by atoms with E-state index in [9.17, 15) is 18.5 Å². The zero-order chi connectivity index (χ0) is 27.7.